The number of alkyl halides is 1. The molecular formula is C24H27FO. The minimum absolute atomic E-state index is 0.0625. The second-order valence-electron chi connectivity index (χ2n) is 6.71. The van der Waals surface area contributed by atoms with Gasteiger partial charge >= 0.3 is 0 Å². The van der Waals surface area contributed by atoms with Crippen molar-refractivity contribution in [3.8, 4) is 11.8 Å². The number of rotatable bonds is 8. The highest BCUT2D eigenvalue weighted by molar-refractivity contribution is 5.94. The topological polar surface area (TPSA) is 17.1 Å². The van der Waals surface area contributed by atoms with E-state index in [4.69, 9.17) is 0 Å². The Morgan fingerprint density at radius 3 is 2.04 bits per heavy atom. The Morgan fingerprint density at radius 2 is 1.50 bits per heavy atom. The fourth-order valence-corrected chi connectivity index (χ4v) is 2.84. The molecule has 0 saturated carbocycles. The Morgan fingerprint density at radius 1 is 0.923 bits per heavy atom. The Labute approximate surface area is 156 Å². The zero-order chi connectivity index (χ0) is 18.8. The number of Topliss-reactive ketones (excluding diaryl/α,β-unsaturated/α-hetero) is 1. The third-order valence-electron chi connectivity index (χ3n) is 4.43. The van der Waals surface area contributed by atoms with Crippen LogP contribution in [0.1, 0.15) is 73.0 Å². The minimum atomic E-state index is -0.637. The summed E-state index contributed by atoms with van der Waals surface area (Å²) in [7, 11) is 0. The lowest BCUT2D eigenvalue weighted by molar-refractivity contribution is 0.101. The van der Waals surface area contributed by atoms with E-state index in [1.807, 2.05) is 31.2 Å². The molecule has 2 aromatic rings. The van der Waals surface area contributed by atoms with Gasteiger partial charge in [-0.3, -0.25) is 4.79 Å². The van der Waals surface area contributed by atoms with Crippen molar-refractivity contribution in [2.24, 2.45) is 0 Å². The Bertz CT molecular complexity index is 748. The first-order valence-electron chi connectivity index (χ1n) is 9.44. The van der Waals surface area contributed by atoms with Gasteiger partial charge in [0.1, 0.15) is 6.17 Å². The third kappa shape index (κ3) is 6.84. The summed E-state index contributed by atoms with van der Waals surface area (Å²) in [4.78, 5) is 11.3. The lowest BCUT2D eigenvalue weighted by Crippen LogP contribution is -1.99. The van der Waals surface area contributed by atoms with Crippen LogP contribution in [0.2, 0.25) is 0 Å². The van der Waals surface area contributed by atoms with E-state index in [2.05, 4.69) is 24.0 Å². The van der Waals surface area contributed by atoms with E-state index in [-0.39, 0.29) is 5.78 Å². The maximum atomic E-state index is 13.4. The molecule has 2 rings (SSSR count). The average molecular weight is 350 g/mol. The normalized spacial score (nSPS) is 11.5. The molecule has 0 bridgehead atoms. The SMILES string of the molecule is CCCC(F)CCCCc1ccc(C#Cc2ccc(C(C)=O)cc2)cc1. The van der Waals surface area contributed by atoms with Crippen molar-refractivity contribution in [1.82, 2.24) is 0 Å². The van der Waals surface area contributed by atoms with Gasteiger partial charge in [-0.2, -0.15) is 0 Å². The van der Waals surface area contributed by atoms with E-state index >= 15 is 0 Å². The number of hydrogen-bond donors (Lipinski definition) is 0. The van der Waals surface area contributed by atoms with Crippen LogP contribution >= 0.6 is 0 Å². The molecule has 0 aromatic heterocycles. The van der Waals surface area contributed by atoms with Crippen molar-refractivity contribution in [2.45, 2.75) is 58.5 Å². The number of unbranched alkanes of at least 4 members (excludes halogenated alkanes) is 1. The first kappa shape index (κ1) is 19.9. The maximum Gasteiger partial charge on any atom is 0.159 e. The number of benzene rings is 2. The molecule has 0 heterocycles. The van der Waals surface area contributed by atoms with Crippen molar-refractivity contribution in [3.63, 3.8) is 0 Å². The van der Waals surface area contributed by atoms with Gasteiger partial charge in [0.25, 0.3) is 0 Å². The third-order valence-corrected chi connectivity index (χ3v) is 4.43. The molecule has 136 valence electrons. The number of hydrogen-bond acceptors (Lipinski definition) is 1. The van der Waals surface area contributed by atoms with Crippen LogP contribution in [0.15, 0.2) is 48.5 Å². The largest absolute Gasteiger partial charge is 0.295 e. The summed E-state index contributed by atoms with van der Waals surface area (Å²) in [5.74, 6) is 6.33. The maximum absolute atomic E-state index is 13.4. The van der Waals surface area contributed by atoms with Crippen LogP contribution in [-0.2, 0) is 6.42 Å². The van der Waals surface area contributed by atoms with E-state index in [1.165, 1.54) is 5.56 Å². The van der Waals surface area contributed by atoms with E-state index < -0.39 is 6.17 Å². The van der Waals surface area contributed by atoms with Crippen molar-refractivity contribution >= 4 is 5.78 Å². The summed E-state index contributed by atoms with van der Waals surface area (Å²) in [5.41, 5.74) is 3.84. The Kier molecular flexibility index (Phi) is 8.09. The molecule has 0 spiro atoms. The molecule has 0 amide bonds. The van der Waals surface area contributed by atoms with Crippen LogP contribution in [-0.4, -0.2) is 12.0 Å². The molecule has 26 heavy (non-hydrogen) atoms. The molecular weight excluding hydrogens is 323 g/mol. The highest BCUT2D eigenvalue weighted by Crippen LogP contribution is 2.13. The predicted molar refractivity (Wildman–Crippen MR) is 106 cm³/mol. The average Bonchev–Trinajstić information content (AvgIpc) is 2.65. The lowest BCUT2D eigenvalue weighted by Gasteiger charge is -2.06. The minimum Gasteiger partial charge on any atom is -0.295 e. The van der Waals surface area contributed by atoms with Gasteiger partial charge in [0.05, 0.1) is 0 Å². The van der Waals surface area contributed by atoms with Gasteiger partial charge in [0, 0.05) is 16.7 Å². The van der Waals surface area contributed by atoms with Crippen molar-refractivity contribution in [3.05, 3.63) is 70.8 Å². The quantitative estimate of drug-likeness (QED) is 0.317. The summed E-state index contributed by atoms with van der Waals surface area (Å²) < 4.78 is 13.4. The van der Waals surface area contributed by atoms with E-state index in [9.17, 15) is 9.18 Å². The van der Waals surface area contributed by atoms with Crippen LogP contribution in [0, 0.1) is 11.8 Å². The smallest absolute Gasteiger partial charge is 0.159 e. The number of ketones is 1. The van der Waals surface area contributed by atoms with E-state index in [0.717, 1.165) is 36.8 Å². The Balaban J connectivity index is 1.83. The van der Waals surface area contributed by atoms with Crippen LogP contribution in [0.3, 0.4) is 0 Å². The summed E-state index contributed by atoms with van der Waals surface area (Å²) in [6, 6.07) is 15.6. The van der Waals surface area contributed by atoms with Gasteiger partial charge in [0.15, 0.2) is 5.78 Å². The van der Waals surface area contributed by atoms with E-state index in [0.29, 0.717) is 18.4 Å². The fraction of sp³-hybridized carbons (Fsp3) is 0.375. The second-order valence-corrected chi connectivity index (χ2v) is 6.71. The lowest BCUT2D eigenvalue weighted by atomic mass is 10.0. The van der Waals surface area contributed by atoms with Crippen LogP contribution in [0.5, 0.6) is 0 Å². The molecule has 0 aliphatic rings. The molecule has 1 nitrogen and oxygen atoms in total. The van der Waals surface area contributed by atoms with Crippen LogP contribution in [0.25, 0.3) is 0 Å². The zero-order valence-electron chi connectivity index (χ0n) is 15.7. The number of carbonyl (C=O) groups excluding carboxylic acids is 1. The van der Waals surface area contributed by atoms with Gasteiger partial charge < -0.3 is 0 Å². The molecule has 0 aliphatic carbocycles. The fourth-order valence-electron chi connectivity index (χ4n) is 2.84. The monoisotopic (exact) mass is 350 g/mol. The van der Waals surface area contributed by atoms with Gasteiger partial charge in [-0.15, -0.1) is 0 Å². The highest BCUT2D eigenvalue weighted by atomic mass is 19.1. The van der Waals surface area contributed by atoms with Crippen molar-refractivity contribution in [2.75, 3.05) is 0 Å². The number of aryl methyl sites for hydroxylation is 1. The first-order valence-corrected chi connectivity index (χ1v) is 9.44. The molecule has 1 atom stereocenters. The molecule has 2 heteroatoms. The van der Waals surface area contributed by atoms with Crippen LogP contribution < -0.4 is 0 Å². The number of carbonyl (C=O) groups is 1. The van der Waals surface area contributed by atoms with Gasteiger partial charge in [0.2, 0.25) is 0 Å². The first-order chi connectivity index (χ1) is 12.6. The highest BCUT2D eigenvalue weighted by Gasteiger charge is 2.04. The van der Waals surface area contributed by atoms with Gasteiger partial charge in [-0.25, -0.2) is 4.39 Å². The Hall–Kier alpha value is -2.40. The van der Waals surface area contributed by atoms with Crippen molar-refractivity contribution in [1.29, 1.82) is 0 Å². The molecule has 1 unspecified atom stereocenters. The second kappa shape index (κ2) is 10.6. The summed E-state index contributed by atoms with van der Waals surface area (Å²) >= 11 is 0. The molecule has 0 saturated heterocycles. The molecule has 0 fully saturated rings. The molecule has 0 aliphatic heterocycles. The molecule has 0 N–H and O–H groups in total. The van der Waals surface area contributed by atoms with Gasteiger partial charge in [-0.1, -0.05) is 55.9 Å². The van der Waals surface area contributed by atoms with Crippen LogP contribution in [0.4, 0.5) is 4.39 Å². The summed E-state index contributed by atoms with van der Waals surface area (Å²) in [6.45, 7) is 3.58. The van der Waals surface area contributed by atoms with Gasteiger partial charge in [-0.05, 0) is 62.4 Å². The standard InChI is InChI=1S/C24H27FO/c1-3-6-24(25)8-5-4-7-20-9-11-21(12-10-20)13-14-22-15-17-23(18-16-22)19(2)26/h9-12,15-18,24H,3-8H2,1-2H3. The summed E-state index contributed by atoms with van der Waals surface area (Å²) in [5, 5.41) is 0. The molecule has 2 aromatic carbocycles. The van der Waals surface area contributed by atoms with E-state index in [1.54, 1.807) is 19.1 Å². The predicted octanol–water partition coefficient (Wildman–Crippen LogP) is 6.14. The number of halogens is 1. The molecule has 0 radical (unpaired) electrons. The summed E-state index contributed by atoms with van der Waals surface area (Å²) in [6.07, 6.45) is 4.60. The van der Waals surface area contributed by atoms with Crippen molar-refractivity contribution < 1.29 is 9.18 Å². The zero-order valence-corrected chi connectivity index (χ0v) is 15.7.